The normalized spacial score (nSPS) is 12.4. The first-order chi connectivity index (χ1) is 10.5. The summed E-state index contributed by atoms with van der Waals surface area (Å²) in [5, 5.41) is 21.8. The van der Waals surface area contributed by atoms with Gasteiger partial charge in [-0.05, 0) is 12.3 Å². The molecule has 1 atom stereocenters. The quantitative estimate of drug-likeness (QED) is 0.446. The third-order valence-corrected chi connectivity index (χ3v) is 3.88. The van der Waals surface area contributed by atoms with Gasteiger partial charge in [0.05, 0.1) is 17.8 Å². The van der Waals surface area contributed by atoms with E-state index in [0.29, 0.717) is 18.3 Å². The zero-order chi connectivity index (χ0) is 16.5. The summed E-state index contributed by atoms with van der Waals surface area (Å²) in [5.74, 6) is -1.83. The second kappa shape index (κ2) is 9.42. The number of carbonyl (C=O) groups is 2. The van der Waals surface area contributed by atoms with E-state index in [1.807, 2.05) is 4.57 Å². The Balaban J connectivity index is 2.47. The SMILES string of the molecule is COCCCn1cnnc1SCC(=O)N[C@H](C(=O)[O-])C(C)C. The van der Waals surface area contributed by atoms with Gasteiger partial charge in [-0.2, -0.15) is 0 Å². The fraction of sp³-hybridized carbons (Fsp3) is 0.692. The number of thioether (sulfide) groups is 1. The van der Waals surface area contributed by atoms with Crippen molar-refractivity contribution in [1.82, 2.24) is 20.1 Å². The Morgan fingerprint density at radius 2 is 2.23 bits per heavy atom. The second-order valence-corrected chi connectivity index (χ2v) is 5.99. The van der Waals surface area contributed by atoms with Gasteiger partial charge in [-0.1, -0.05) is 25.6 Å². The summed E-state index contributed by atoms with van der Waals surface area (Å²) < 4.78 is 6.81. The molecule has 1 aromatic rings. The number of hydrogen-bond acceptors (Lipinski definition) is 7. The molecule has 0 saturated heterocycles. The fourth-order valence-corrected chi connectivity index (χ4v) is 2.48. The number of methoxy groups -OCH3 is 1. The van der Waals surface area contributed by atoms with Crippen LogP contribution in [0, 0.1) is 5.92 Å². The molecule has 0 aromatic carbocycles. The summed E-state index contributed by atoms with van der Waals surface area (Å²) in [6.07, 6.45) is 2.41. The standard InChI is InChI=1S/C13H22N4O4S/c1-9(2)11(12(19)20)15-10(18)7-22-13-16-14-8-17(13)5-4-6-21-3/h8-9,11H,4-7H2,1-3H3,(H,15,18)(H,19,20)/p-1/t11-/m0/s1. The number of carboxylic acids is 1. The summed E-state index contributed by atoms with van der Waals surface area (Å²) in [7, 11) is 1.63. The number of nitrogens with one attached hydrogen (secondary N) is 1. The molecule has 8 nitrogen and oxygen atoms in total. The van der Waals surface area contributed by atoms with E-state index in [2.05, 4.69) is 15.5 Å². The minimum Gasteiger partial charge on any atom is -0.548 e. The molecule has 0 fully saturated rings. The monoisotopic (exact) mass is 329 g/mol. The van der Waals surface area contributed by atoms with Crippen LogP contribution in [0.1, 0.15) is 20.3 Å². The minimum atomic E-state index is -1.28. The predicted molar refractivity (Wildman–Crippen MR) is 79.0 cm³/mol. The molecule has 1 amide bonds. The van der Waals surface area contributed by atoms with E-state index in [0.717, 1.165) is 6.42 Å². The third kappa shape index (κ3) is 6.02. The minimum absolute atomic E-state index is 0.0689. The molecule has 0 bridgehead atoms. The van der Waals surface area contributed by atoms with E-state index in [9.17, 15) is 14.7 Å². The lowest BCUT2D eigenvalue weighted by molar-refractivity contribution is -0.309. The van der Waals surface area contributed by atoms with E-state index < -0.39 is 12.0 Å². The summed E-state index contributed by atoms with van der Waals surface area (Å²) in [5.41, 5.74) is 0. The number of carbonyl (C=O) groups excluding carboxylic acids is 2. The van der Waals surface area contributed by atoms with Crippen molar-refractivity contribution in [2.75, 3.05) is 19.5 Å². The number of aryl methyl sites for hydroxylation is 1. The molecule has 0 radical (unpaired) electrons. The molecule has 1 rings (SSSR count). The molecule has 0 aliphatic rings. The van der Waals surface area contributed by atoms with Crippen LogP contribution in [-0.4, -0.2) is 52.2 Å². The highest BCUT2D eigenvalue weighted by molar-refractivity contribution is 7.99. The maximum atomic E-state index is 11.8. The molecule has 0 spiro atoms. The van der Waals surface area contributed by atoms with Crippen molar-refractivity contribution in [3.8, 4) is 0 Å². The highest BCUT2D eigenvalue weighted by Crippen LogP contribution is 2.15. The third-order valence-electron chi connectivity index (χ3n) is 2.90. The Morgan fingerprint density at radius 3 is 2.82 bits per heavy atom. The molecule has 0 aliphatic carbocycles. The summed E-state index contributed by atoms with van der Waals surface area (Å²) in [6.45, 7) is 4.74. The Hall–Kier alpha value is -1.61. The molecule has 1 heterocycles. The molecule has 0 aliphatic heterocycles. The van der Waals surface area contributed by atoms with E-state index in [1.54, 1.807) is 27.3 Å². The van der Waals surface area contributed by atoms with E-state index in [4.69, 9.17) is 4.74 Å². The largest absolute Gasteiger partial charge is 0.548 e. The first-order valence-electron chi connectivity index (χ1n) is 6.95. The van der Waals surface area contributed by atoms with Crippen molar-refractivity contribution in [2.24, 2.45) is 5.92 Å². The number of carboxylic acid groups (broad SMARTS) is 1. The lowest BCUT2D eigenvalue weighted by Gasteiger charge is -2.23. The number of rotatable bonds is 10. The number of amides is 1. The molecule has 0 unspecified atom stereocenters. The van der Waals surface area contributed by atoms with Gasteiger partial charge >= 0.3 is 0 Å². The highest BCUT2D eigenvalue weighted by atomic mass is 32.2. The lowest BCUT2D eigenvalue weighted by atomic mass is 10.1. The lowest BCUT2D eigenvalue weighted by Crippen LogP contribution is -2.51. The number of ether oxygens (including phenoxy) is 1. The first kappa shape index (κ1) is 18.4. The molecule has 1 N–H and O–H groups in total. The summed E-state index contributed by atoms with van der Waals surface area (Å²) >= 11 is 1.21. The average molecular weight is 329 g/mol. The van der Waals surface area contributed by atoms with Crippen LogP contribution in [0.4, 0.5) is 0 Å². The van der Waals surface area contributed by atoms with Gasteiger partial charge in [0.15, 0.2) is 5.16 Å². The van der Waals surface area contributed by atoms with Crippen molar-refractivity contribution in [3.05, 3.63) is 6.33 Å². The van der Waals surface area contributed by atoms with Gasteiger partial charge in [-0.15, -0.1) is 10.2 Å². The Kier molecular flexibility index (Phi) is 7.89. The van der Waals surface area contributed by atoms with Gasteiger partial charge in [-0.25, -0.2) is 0 Å². The van der Waals surface area contributed by atoms with Gasteiger partial charge in [0, 0.05) is 20.3 Å². The van der Waals surface area contributed by atoms with Crippen molar-refractivity contribution in [1.29, 1.82) is 0 Å². The highest BCUT2D eigenvalue weighted by Gasteiger charge is 2.18. The van der Waals surface area contributed by atoms with Crippen LogP contribution < -0.4 is 10.4 Å². The number of aromatic nitrogens is 3. The van der Waals surface area contributed by atoms with Gasteiger partial charge in [-0.3, -0.25) is 4.79 Å². The molecule has 0 saturated carbocycles. The molecule has 9 heteroatoms. The number of hydrogen-bond donors (Lipinski definition) is 1. The van der Waals surface area contributed by atoms with Gasteiger partial charge < -0.3 is 24.5 Å². The summed E-state index contributed by atoms with van der Waals surface area (Å²) in [6, 6.07) is -0.993. The number of aliphatic carboxylic acids is 1. The predicted octanol–water partition coefficient (Wildman–Crippen LogP) is -0.703. The van der Waals surface area contributed by atoms with Crippen molar-refractivity contribution < 1.29 is 19.4 Å². The fourth-order valence-electron chi connectivity index (χ4n) is 1.73. The van der Waals surface area contributed by atoms with Gasteiger partial charge in [0.2, 0.25) is 5.91 Å². The van der Waals surface area contributed by atoms with Crippen LogP contribution in [0.3, 0.4) is 0 Å². The molecular weight excluding hydrogens is 308 g/mol. The Morgan fingerprint density at radius 1 is 1.50 bits per heavy atom. The number of nitrogens with zero attached hydrogens (tertiary/aromatic N) is 3. The van der Waals surface area contributed by atoms with E-state index in [1.165, 1.54) is 11.8 Å². The Bertz CT molecular complexity index is 492. The molecular formula is C13H21N4O4S-. The maximum absolute atomic E-state index is 11.8. The van der Waals surface area contributed by atoms with Crippen LogP contribution in [0.5, 0.6) is 0 Å². The van der Waals surface area contributed by atoms with Crippen molar-refractivity contribution in [2.45, 2.75) is 38.0 Å². The topological polar surface area (TPSA) is 109 Å². The molecule has 1 aromatic heterocycles. The zero-order valence-corrected chi connectivity index (χ0v) is 13.8. The van der Waals surface area contributed by atoms with E-state index >= 15 is 0 Å². The van der Waals surface area contributed by atoms with Crippen molar-refractivity contribution in [3.63, 3.8) is 0 Å². The maximum Gasteiger partial charge on any atom is 0.231 e. The van der Waals surface area contributed by atoms with Gasteiger partial charge in [0.25, 0.3) is 0 Å². The Labute approximate surface area is 133 Å². The molecule has 22 heavy (non-hydrogen) atoms. The van der Waals surface area contributed by atoms with Crippen LogP contribution in [0.15, 0.2) is 11.5 Å². The van der Waals surface area contributed by atoms with Crippen LogP contribution in [-0.2, 0) is 20.9 Å². The smallest absolute Gasteiger partial charge is 0.231 e. The van der Waals surface area contributed by atoms with Crippen LogP contribution in [0.25, 0.3) is 0 Å². The summed E-state index contributed by atoms with van der Waals surface area (Å²) in [4.78, 5) is 22.8. The van der Waals surface area contributed by atoms with Crippen LogP contribution >= 0.6 is 11.8 Å². The second-order valence-electron chi connectivity index (χ2n) is 5.05. The van der Waals surface area contributed by atoms with Crippen LogP contribution in [0.2, 0.25) is 0 Å². The van der Waals surface area contributed by atoms with Gasteiger partial charge in [0.1, 0.15) is 6.33 Å². The van der Waals surface area contributed by atoms with E-state index in [-0.39, 0.29) is 17.6 Å². The molecule has 124 valence electrons. The first-order valence-corrected chi connectivity index (χ1v) is 7.94. The zero-order valence-electron chi connectivity index (χ0n) is 12.9. The average Bonchev–Trinajstić information content (AvgIpc) is 2.89. The van der Waals surface area contributed by atoms with Crippen molar-refractivity contribution >= 4 is 23.6 Å².